The van der Waals surface area contributed by atoms with Crippen molar-refractivity contribution in [3.8, 4) is 0 Å². The summed E-state index contributed by atoms with van der Waals surface area (Å²) in [6.45, 7) is 3.46. The molecule has 0 spiro atoms. The number of rotatable bonds is 4. The van der Waals surface area contributed by atoms with Crippen molar-refractivity contribution in [2.24, 2.45) is 0 Å². The zero-order chi connectivity index (χ0) is 14.5. The Morgan fingerprint density at radius 2 is 2.05 bits per heavy atom. The molecular weight excluding hydrogens is 256 g/mol. The zero-order valence-corrected chi connectivity index (χ0v) is 11.2. The highest BCUT2D eigenvalue weighted by Gasteiger charge is 2.21. The minimum Gasteiger partial charge on any atom is -0.349 e. The highest BCUT2D eigenvalue weighted by atomic mass is 16.6. The van der Waals surface area contributed by atoms with Gasteiger partial charge in [0, 0.05) is 0 Å². The Balaban J connectivity index is 2.22. The van der Waals surface area contributed by atoms with Crippen molar-refractivity contribution >= 4 is 17.8 Å². The summed E-state index contributed by atoms with van der Waals surface area (Å²) >= 11 is 0. The van der Waals surface area contributed by atoms with Gasteiger partial charge in [-0.15, -0.1) is 0 Å². The molecule has 2 aromatic rings. The summed E-state index contributed by atoms with van der Waals surface area (Å²) in [7, 11) is 0. The van der Waals surface area contributed by atoms with Crippen LogP contribution in [0.3, 0.4) is 0 Å². The lowest BCUT2D eigenvalue weighted by Gasteiger charge is -1.94. The highest BCUT2D eigenvalue weighted by molar-refractivity contribution is 5.63. The van der Waals surface area contributed by atoms with Gasteiger partial charge in [-0.05, 0) is 25.5 Å². The van der Waals surface area contributed by atoms with Gasteiger partial charge in [0.25, 0.3) is 0 Å². The minimum atomic E-state index is -0.484. The van der Waals surface area contributed by atoms with Gasteiger partial charge in [0.15, 0.2) is 5.69 Å². The Hall–Kier alpha value is -2.69. The molecule has 0 aliphatic rings. The van der Waals surface area contributed by atoms with Crippen molar-refractivity contribution in [1.82, 2.24) is 5.16 Å². The molecule has 0 saturated carbocycles. The van der Waals surface area contributed by atoms with Crippen molar-refractivity contribution in [1.29, 1.82) is 0 Å². The Bertz CT molecular complexity index is 670. The van der Waals surface area contributed by atoms with E-state index in [0.29, 0.717) is 0 Å². The Morgan fingerprint density at radius 3 is 2.70 bits per heavy atom. The van der Waals surface area contributed by atoms with E-state index in [1.807, 2.05) is 43.3 Å². The maximum absolute atomic E-state index is 10.9. The summed E-state index contributed by atoms with van der Waals surface area (Å²) in [6, 6.07) is 9.82. The molecular formula is C15H14N2O3. The van der Waals surface area contributed by atoms with Gasteiger partial charge in [-0.3, -0.25) is 10.1 Å². The topological polar surface area (TPSA) is 69.2 Å². The van der Waals surface area contributed by atoms with E-state index in [2.05, 4.69) is 5.16 Å². The third kappa shape index (κ3) is 3.20. The van der Waals surface area contributed by atoms with Gasteiger partial charge in [-0.1, -0.05) is 53.2 Å². The molecule has 0 saturated heterocycles. The molecule has 1 aromatic carbocycles. The van der Waals surface area contributed by atoms with Crippen LogP contribution in [0, 0.1) is 17.0 Å². The third-order valence-electron chi connectivity index (χ3n) is 2.73. The summed E-state index contributed by atoms with van der Waals surface area (Å²) < 4.78 is 4.95. The van der Waals surface area contributed by atoms with Crippen LogP contribution in [0.2, 0.25) is 0 Å². The molecule has 0 unspecified atom stereocenters. The van der Waals surface area contributed by atoms with Crippen LogP contribution in [0.5, 0.6) is 0 Å². The monoisotopic (exact) mass is 270 g/mol. The maximum atomic E-state index is 10.9. The number of hydrogen-bond donors (Lipinski definition) is 0. The van der Waals surface area contributed by atoms with Crippen molar-refractivity contribution < 1.29 is 9.45 Å². The van der Waals surface area contributed by atoms with Gasteiger partial charge >= 0.3 is 5.69 Å². The fourth-order valence-electron chi connectivity index (χ4n) is 1.78. The second-order valence-corrected chi connectivity index (χ2v) is 4.37. The second kappa shape index (κ2) is 5.97. The Kier molecular flexibility index (Phi) is 4.10. The molecule has 102 valence electrons. The first-order chi connectivity index (χ1) is 9.58. The van der Waals surface area contributed by atoms with Crippen molar-refractivity contribution in [3.05, 3.63) is 69.1 Å². The number of allylic oxidation sites excluding steroid dienone is 2. The van der Waals surface area contributed by atoms with E-state index >= 15 is 0 Å². The normalized spacial score (nSPS) is 12.0. The predicted molar refractivity (Wildman–Crippen MR) is 77.0 cm³/mol. The van der Waals surface area contributed by atoms with E-state index in [-0.39, 0.29) is 17.1 Å². The number of benzene rings is 1. The van der Waals surface area contributed by atoms with E-state index in [1.165, 1.54) is 0 Å². The molecule has 0 radical (unpaired) electrons. The fourth-order valence-corrected chi connectivity index (χ4v) is 1.78. The van der Waals surface area contributed by atoms with E-state index < -0.39 is 4.92 Å². The maximum Gasteiger partial charge on any atom is 0.338 e. The SMILES string of the molecule is CC(/C=C\c1onc(C)c1[N+](=O)[O-])=C\c1ccccc1. The number of aromatic nitrogens is 1. The van der Waals surface area contributed by atoms with E-state index in [9.17, 15) is 10.1 Å². The summed E-state index contributed by atoms with van der Waals surface area (Å²) in [5.41, 5.74) is 2.21. The average molecular weight is 270 g/mol. The lowest BCUT2D eigenvalue weighted by atomic mass is 10.1. The van der Waals surface area contributed by atoms with Crippen LogP contribution in [0.1, 0.15) is 23.9 Å². The Morgan fingerprint density at radius 1 is 1.35 bits per heavy atom. The lowest BCUT2D eigenvalue weighted by molar-refractivity contribution is -0.386. The van der Waals surface area contributed by atoms with Gasteiger partial charge in [-0.25, -0.2) is 0 Å². The van der Waals surface area contributed by atoms with Crippen LogP contribution >= 0.6 is 0 Å². The second-order valence-electron chi connectivity index (χ2n) is 4.37. The summed E-state index contributed by atoms with van der Waals surface area (Å²) in [6.07, 6.45) is 5.30. The molecule has 0 fully saturated rings. The molecule has 0 bridgehead atoms. The van der Waals surface area contributed by atoms with Crippen molar-refractivity contribution in [2.45, 2.75) is 13.8 Å². The van der Waals surface area contributed by atoms with Crippen molar-refractivity contribution in [2.75, 3.05) is 0 Å². The van der Waals surface area contributed by atoms with Crippen LogP contribution in [0.25, 0.3) is 12.2 Å². The van der Waals surface area contributed by atoms with E-state index in [0.717, 1.165) is 11.1 Å². The number of nitrogens with zero attached hydrogens (tertiary/aromatic N) is 2. The van der Waals surface area contributed by atoms with Crippen LogP contribution < -0.4 is 0 Å². The summed E-state index contributed by atoms with van der Waals surface area (Å²) in [5.74, 6) is 0.160. The predicted octanol–water partition coefficient (Wildman–Crippen LogP) is 4.01. The largest absolute Gasteiger partial charge is 0.349 e. The van der Waals surface area contributed by atoms with Gasteiger partial charge < -0.3 is 4.52 Å². The van der Waals surface area contributed by atoms with Crippen LogP contribution in [-0.4, -0.2) is 10.1 Å². The molecule has 2 rings (SSSR count). The summed E-state index contributed by atoms with van der Waals surface area (Å²) in [5, 5.41) is 14.5. The quantitative estimate of drug-likeness (QED) is 0.478. The standard InChI is InChI=1S/C15H14N2O3/c1-11(10-13-6-4-3-5-7-13)8-9-14-15(17(18)19)12(2)16-20-14/h3-10H,1-2H3/b9-8-,11-10+. The first-order valence-electron chi connectivity index (χ1n) is 6.10. The number of hydrogen-bond acceptors (Lipinski definition) is 4. The van der Waals surface area contributed by atoms with Gasteiger partial charge in [0.05, 0.1) is 4.92 Å². The minimum absolute atomic E-state index is 0.0891. The first-order valence-corrected chi connectivity index (χ1v) is 6.10. The summed E-state index contributed by atoms with van der Waals surface area (Å²) in [4.78, 5) is 10.4. The first kappa shape index (κ1) is 13.7. The number of nitro groups is 1. The number of aryl methyl sites for hydroxylation is 1. The molecule has 20 heavy (non-hydrogen) atoms. The van der Waals surface area contributed by atoms with Crippen LogP contribution in [0.4, 0.5) is 5.69 Å². The molecule has 5 heteroatoms. The molecule has 1 heterocycles. The van der Waals surface area contributed by atoms with Gasteiger partial charge in [0.1, 0.15) is 0 Å². The van der Waals surface area contributed by atoms with Crippen LogP contribution in [0.15, 0.2) is 46.5 Å². The molecule has 0 aliphatic carbocycles. The molecule has 1 aromatic heterocycles. The molecule has 0 aliphatic heterocycles. The van der Waals surface area contributed by atoms with E-state index in [1.54, 1.807) is 19.1 Å². The fraction of sp³-hybridized carbons (Fsp3) is 0.133. The van der Waals surface area contributed by atoms with Gasteiger partial charge in [-0.2, -0.15) is 0 Å². The highest BCUT2D eigenvalue weighted by Crippen LogP contribution is 2.24. The van der Waals surface area contributed by atoms with E-state index in [4.69, 9.17) is 4.52 Å². The molecule has 0 atom stereocenters. The zero-order valence-electron chi connectivity index (χ0n) is 11.2. The van der Waals surface area contributed by atoms with Gasteiger partial charge in [0.2, 0.25) is 5.76 Å². The molecule has 5 nitrogen and oxygen atoms in total. The lowest BCUT2D eigenvalue weighted by Crippen LogP contribution is -1.90. The van der Waals surface area contributed by atoms with Crippen LogP contribution in [-0.2, 0) is 0 Å². The van der Waals surface area contributed by atoms with Crippen molar-refractivity contribution in [3.63, 3.8) is 0 Å². The Labute approximate surface area is 116 Å². The third-order valence-corrected chi connectivity index (χ3v) is 2.73. The average Bonchev–Trinajstić information content (AvgIpc) is 2.79. The molecule has 0 amide bonds. The molecule has 0 N–H and O–H groups in total. The smallest absolute Gasteiger partial charge is 0.338 e.